The van der Waals surface area contributed by atoms with E-state index in [1.165, 1.54) is 22.8 Å². The maximum absolute atomic E-state index is 13.2. The van der Waals surface area contributed by atoms with Crippen LogP contribution in [0.3, 0.4) is 0 Å². The molecule has 0 unspecified atom stereocenters. The highest BCUT2D eigenvalue weighted by Crippen LogP contribution is 2.15. The predicted octanol–water partition coefficient (Wildman–Crippen LogP) is 1.98. The molecule has 2 aromatic carbocycles. The summed E-state index contributed by atoms with van der Waals surface area (Å²) in [6.45, 7) is -0.246. The van der Waals surface area contributed by atoms with E-state index >= 15 is 0 Å². The molecule has 1 aromatic heterocycles. The first-order valence-corrected chi connectivity index (χ1v) is 6.75. The van der Waals surface area contributed by atoms with Crippen molar-refractivity contribution in [3.8, 4) is 6.07 Å². The van der Waals surface area contributed by atoms with Gasteiger partial charge in [-0.25, -0.2) is 9.18 Å². The number of carbonyl (C=O) groups is 1. The van der Waals surface area contributed by atoms with Gasteiger partial charge in [0, 0.05) is 0 Å². The fourth-order valence-corrected chi connectivity index (χ4v) is 2.32. The minimum atomic E-state index is -0.505. The minimum Gasteiger partial charge on any atom is -0.323 e. The lowest BCUT2D eigenvalue weighted by atomic mass is 10.2. The molecule has 6 nitrogen and oxygen atoms in total. The van der Waals surface area contributed by atoms with Crippen molar-refractivity contribution in [1.29, 1.82) is 5.26 Å². The van der Waals surface area contributed by atoms with Gasteiger partial charge in [0.1, 0.15) is 18.4 Å². The van der Waals surface area contributed by atoms with Gasteiger partial charge in [-0.15, -0.1) is 0 Å². The normalized spacial score (nSPS) is 10.4. The fraction of sp³-hybridized carbons (Fsp3) is 0.0625. The Hall–Kier alpha value is -3.40. The van der Waals surface area contributed by atoms with Gasteiger partial charge in [0.05, 0.1) is 22.3 Å². The smallest absolute Gasteiger partial charge is 0.323 e. The maximum Gasteiger partial charge on any atom is 0.326 e. The summed E-state index contributed by atoms with van der Waals surface area (Å²) in [5, 5.41) is 11.6. The number of aromatic amines is 1. The molecule has 7 heteroatoms. The Bertz CT molecular complexity index is 997. The van der Waals surface area contributed by atoms with Gasteiger partial charge >= 0.3 is 5.69 Å². The summed E-state index contributed by atoms with van der Waals surface area (Å²) < 4.78 is 14.4. The number of halogens is 1. The molecule has 0 aliphatic rings. The van der Waals surface area contributed by atoms with E-state index in [-0.39, 0.29) is 6.54 Å². The molecule has 0 aliphatic carbocycles. The van der Waals surface area contributed by atoms with Gasteiger partial charge in [-0.2, -0.15) is 5.26 Å². The van der Waals surface area contributed by atoms with Crippen LogP contribution in [-0.4, -0.2) is 15.5 Å². The number of nitrogens with zero attached hydrogens (tertiary/aromatic N) is 2. The van der Waals surface area contributed by atoms with Gasteiger partial charge in [-0.1, -0.05) is 12.1 Å². The molecule has 1 heterocycles. The number of rotatable bonds is 3. The van der Waals surface area contributed by atoms with E-state index in [4.69, 9.17) is 5.26 Å². The Kier molecular flexibility index (Phi) is 3.65. The van der Waals surface area contributed by atoms with Gasteiger partial charge in [0.2, 0.25) is 5.91 Å². The molecule has 1 amide bonds. The van der Waals surface area contributed by atoms with E-state index in [2.05, 4.69) is 10.3 Å². The van der Waals surface area contributed by atoms with Gasteiger partial charge in [-0.3, -0.25) is 9.36 Å². The number of carbonyl (C=O) groups excluding carboxylic acids is 1. The van der Waals surface area contributed by atoms with Crippen LogP contribution in [0.2, 0.25) is 0 Å². The number of anilines is 1. The summed E-state index contributed by atoms with van der Waals surface area (Å²) in [7, 11) is 0. The Morgan fingerprint density at radius 3 is 2.87 bits per heavy atom. The summed E-state index contributed by atoms with van der Waals surface area (Å²) in [6.07, 6.45) is 0. The number of imidazole rings is 1. The number of fused-ring (bicyclic) bond motifs is 1. The quantitative estimate of drug-likeness (QED) is 0.775. The third-order valence-electron chi connectivity index (χ3n) is 3.36. The number of benzene rings is 2. The number of H-pyrrole nitrogens is 1. The molecule has 23 heavy (non-hydrogen) atoms. The number of aromatic nitrogens is 2. The standard InChI is InChI=1S/C16H11FN4O2/c17-11-5-6-14-13(7-11)20-16(23)21(14)9-15(22)19-12-4-2-1-3-10(12)8-18/h1-7H,9H2,(H,19,22)(H,20,23). The Labute approximate surface area is 129 Å². The van der Waals surface area contributed by atoms with Crippen LogP contribution in [0.4, 0.5) is 10.1 Å². The Morgan fingerprint density at radius 1 is 1.30 bits per heavy atom. The van der Waals surface area contributed by atoms with E-state index in [0.29, 0.717) is 22.3 Å². The third-order valence-corrected chi connectivity index (χ3v) is 3.36. The highest BCUT2D eigenvalue weighted by Gasteiger charge is 2.12. The lowest BCUT2D eigenvalue weighted by Gasteiger charge is -2.07. The van der Waals surface area contributed by atoms with Crippen LogP contribution in [0.5, 0.6) is 0 Å². The number of nitrogens with one attached hydrogen (secondary N) is 2. The summed E-state index contributed by atoms with van der Waals surface area (Å²) in [4.78, 5) is 26.6. The molecule has 0 radical (unpaired) electrons. The molecule has 3 aromatic rings. The molecule has 0 saturated carbocycles. The molecule has 0 saturated heterocycles. The average molecular weight is 310 g/mol. The third kappa shape index (κ3) is 2.82. The second-order valence-electron chi connectivity index (χ2n) is 4.88. The summed E-state index contributed by atoms with van der Waals surface area (Å²) in [5.74, 6) is -0.932. The number of para-hydroxylation sites is 1. The number of amides is 1. The van der Waals surface area contributed by atoms with Crippen molar-refractivity contribution in [2.24, 2.45) is 0 Å². The molecule has 0 bridgehead atoms. The molecular weight excluding hydrogens is 299 g/mol. The van der Waals surface area contributed by atoms with Crippen LogP contribution >= 0.6 is 0 Å². The van der Waals surface area contributed by atoms with Crippen LogP contribution in [0, 0.1) is 17.1 Å². The lowest BCUT2D eigenvalue weighted by Crippen LogP contribution is -2.26. The zero-order valence-electron chi connectivity index (χ0n) is 11.8. The van der Waals surface area contributed by atoms with Gasteiger partial charge in [0.25, 0.3) is 0 Å². The van der Waals surface area contributed by atoms with Crippen molar-refractivity contribution in [2.45, 2.75) is 6.54 Å². The van der Waals surface area contributed by atoms with Crippen molar-refractivity contribution in [3.05, 3.63) is 64.3 Å². The number of hydrogen-bond donors (Lipinski definition) is 2. The molecule has 0 spiro atoms. The fourth-order valence-electron chi connectivity index (χ4n) is 2.32. The van der Waals surface area contributed by atoms with Crippen LogP contribution in [0.15, 0.2) is 47.3 Å². The summed E-state index contributed by atoms with van der Waals surface area (Å²) in [5.41, 5.74) is 0.947. The second kappa shape index (κ2) is 5.77. The second-order valence-corrected chi connectivity index (χ2v) is 4.88. The molecular formula is C16H11FN4O2. The molecule has 3 rings (SSSR count). The van der Waals surface area contributed by atoms with Crippen molar-refractivity contribution in [2.75, 3.05) is 5.32 Å². The van der Waals surface area contributed by atoms with E-state index < -0.39 is 17.4 Å². The van der Waals surface area contributed by atoms with Gasteiger partial charge in [-0.05, 0) is 30.3 Å². The average Bonchev–Trinajstić information content (AvgIpc) is 2.82. The van der Waals surface area contributed by atoms with Gasteiger partial charge in [0.15, 0.2) is 0 Å². The Morgan fingerprint density at radius 2 is 2.09 bits per heavy atom. The maximum atomic E-state index is 13.2. The van der Waals surface area contributed by atoms with Crippen molar-refractivity contribution < 1.29 is 9.18 Å². The SMILES string of the molecule is N#Cc1ccccc1NC(=O)Cn1c(=O)[nH]c2cc(F)ccc21. The molecule has 114 valence electrons. The number of hydrogen-bond acceptors (Lipinski definition) is 3. The van der Waals surface area contributed by atoms with E-state index in [0.717, 1.165) is 0 Å². The predicted molar refractivity (Wildman–Crippen MR) is 82.3 cm³/mol. The first-order chi connectivity index (χ1) is 11.1. The Balaban J connectivity index is 1.88. The summed E-state index contributed by atoms with van der Waals surface area (Å²) >= 11 is 0. The first kappa shape index (κ1) is 14.5. The molecule has 0 atom stereocenters. The largest absolute Gasteiger partial charge is 0.326 e. The zero-order chi connectivity index (χ0) is 16.4. The van der Waals surface area contributed by atoms with Crippen molar-refractivity contribution in [3.63, 3.8) is 0 Å². The van der Waals surface area contributed by atoms with E-state index in [9.17, 15) is 14.0 Å². The highest BCUT2D eigenvalue weighted by atomic mass is 19.1. The van der Waals surface area contributed by atoms with Crippen LogP contribution in [0.1, 0.15) is 5.56 Å². The topological polar surface area (TPSA) is 90.7 Å². The first-order valence-electron chi connectivity index (χ1n) is 6.75. The molecule has 0 aliphatic heterocycles. The van der Waals surface area contributed by atoms with Crippen molar-refractivity contribution >= 4 is 22.6 Å². The number of nitriles is 1. The van der Waals surface area contributed by atoms with Crippen LogP contribution < -0.4 is 11.0 Å². The zero-order valence-corrected chi connectivity index (χ0v) is 11.8. The highest BCUT2D eigenvalue weighted by molar-refractivity contribution is 5.92. The molecule has 0 fully saturated rings. The van der Waals surface area contributed by atoms with E-state index in [1.807, 2.05) is 6.07 Å². The summed E-state index contributed by atoms with van der Waals surface area (Å²) in [6, 6.07) is 12.4. The van der Waals surface area contributed by atoms with Crippen LogP contribution in [-0.2, 0) is 11.3 Å². The minimum absolute atomic E-state index is 0.246. The van der Waals surface area contributed by atoms with Crippen LogP contribution in [0.25, 0.3) is 11.0 Å². The molecule has 2 N–H and O–H groups in total. The lowest BCUT2D eigenvalue weighted by molar-refractivity contribution is -0.116. The van der Waals surface area contributed by atoms with E-state index in [1.54, 1.807) is 24.3 Å². The van der Waals surface area contributed by atoms with Crippen molar-refractivity contribution in [1.82, 2.24) is 9.55 Å². The monoisotopic (exact) mass is 310 g/mol. The van der Waals surface area contributed by atoms with Gasteiger partial charge < -0.3 is 10.3 Å².